The lowest BCUT2D eigenvalue weighted by Gasteiger charge is -2.37. The third-order valence-electron chi connectivity index (χ3n) is 12.9. The predicted octanol–water partition coefficient (Wildman–Crippen LogP) is 0.0546. The number of aromatic nitrogens is 8. The van der Waals surface area contributed by atoms with E-state index in [1.165, 1.54) is 6.20 Å². The van der Waals surface area contributed by atoms with E-state index in [1.807, 2.05) is 60.3 Å². The first-order valence-corrected chi connectivity index (χ1v) is 26.8. The fourth-order valence-corrected chi connectivity index (χ4v) is 10.7. The van der Waals surface area contributed by atoms with Gasteiger partial charge in [0.25, 0.3) is 30.8 Å². The molecule has 0 radical (unpaired) electrons. The average molecular weight is 1180 g/mol. The maximum atomic E-state index is 15.5. The minimum atomic E-state index is -1.85. The molecule has 81 heavy (non-hydrogen) atoms. The lowest BCUT2D eigenvalue weighted by atomic mass is 10.1. The normalized spacial score (nSPS) is 30.0. The number of aromatic amines is 4. The van der Waals surface area contributed by atoms with Crippen LogP contribution in [-0.4, -0.2) is 162 Å². The molecular weight excluding hydrogens is 1110 g/mol. The van der Waals surface area contributed by atoms with Crippen molar-refractivity contribution < 1.29 is 66.0 Å². The van der Waals surface area contributed by atoms with Crippen molar-refractivity contribution in [1.29, 1.82) is 5.26 Å². The van der Waals surface area contributed by atoms with Gasteiger partial charge in [-0.15, -0.1) is 0 Å². The molecule has 4 aliphatic rings. The summed E-state index contributed by atoms with van der Waals surface area (Å²) in [5.74, 6) is 0. The van der Waals surface area contributed by atoms with Crippen LogP contribution in [0, 0.1) is 11.3 Å². The monoisotopic (exact) mass is 1180 g/mol. The number of aliphatic hydroxyl groups is 4. The van der Waals surface area contributed by atoms with Gasteiger partial charge in [0.2, 0.25) is 0 Å². The Morgan fingerprint density at radius 2 is 0.877 bits per heavy atom. The van der Waals surface area contributed by atoms with Gasteiger partial charge in [0.1, 0.15) is 30.5 Å². The molecule has 4 aliphatic heterocycles. The van der Waals surface area contributed by atoms with Gasteiger partial charge in [-0.25, -0.2) is 41.4 Å². The number of halogens is 4. The lowest BCUT2D eigenvalue weighted by Crippen LogP contribution is -2.38. The van der Waals surface area contributed by atoms with Crippen LogP contribution in [0.4, 0.5) is 17.6 Å². The molecule has 0 aliphatic carbocycles. The number of nitrogens with one attached hydrogen (secondary N) is 4. The molecule has 0 spiro atoms. The molecule has 0 saturated carbocycles. The summed E-state index contributed by atoms with van der Waals surface area (Å²) in [6.07, 6.45) is -13.7. The van der Waals surface area contributed by atoms with Gasteiger partial charge in [0.15, 0.2) is 49.6 Å². The molecule has 0 amide bonds. The first-order chi connectivity index (χ1) is 38.3. The van der Waals surface area contributed by atoms with E-state index >= 15 is 4.39 Å². The van der Waals surface area contributed by atoms with Crippen molar-refractivity contribution in [2.75, 3.05) is 13.2 Å². The lowest BCUT2D eigenvalue weighted by molar-refractivity contribution is -0.0491. The summed E-state index contributed by atoms with van der Waals surface area (Å²) in [5, 5.41) is 46.2. The molecule has 4 aromatic heterocycles. The van der Waals surface area contributed by atoms with E-state index in [1.54, 1.807) is 13.8 Å². The van der Waals surface area contributed by atoms with Crippen LogP contribution in [0.2, 0.25) is 0 Å². The van der Waals surface area contributed by atoms with Crippen molar-refractivity contribution in [1.82, 2.24) is 42.9 Å². The second-order valence-electron chi connectivity index (χ2n) is 19.1. The highest BCUT2D eigenvalue weighted by Crippen LogP contribution is 2.51. The molecule has 0 bridgehead atoms. The molecule has 8 rings (SSSR count). The van der Waals surface area contributed by atoms with E-state index in [-0.39, 0.29) is 25.1 Å². The summed E-state index contributed by atoms with van der Waals surface area (Å²) in [7, 11) is -1.67. The topological polar surface area (TPSA) is 383 Å². The van der Waals surface area contributed by atoms with Crippen LogP contribution in [0.15, 0.2) is 87.4 Å². The maximum absolute atomic E-state index is 15.5. The molecule has 33 heteroatoms. The molecule has 17 atom stereocenters. The number of H-pyrrole nitrogens is 4. The minimum absolute atomic E-state index is 0.0660. The second kappa shape index (κ2) is 29.8. The number of rotatable bonds is 16. The summed E-state index contributed by atoms with van der Waals surface area (Å²) in [5.41, 5.74) is -5.40. The Morgan fingerprint density at radius 3 is 1.15 bits per heavy atom. The van der Waals surface area contributed by atoms with Crippen LogP contribution in [0.25, 0.3) is 0 Å². The van der Waals surface area contributed by atoms with Gasteiger partial charge in [-0.3, -0.25) is 57.4 Å². The zero-order chi connectivity index (χ0) is 60.2. The van der Waals surface area contributed by atoms with Crippen LogP contribution in [0.5, 0.6) is 0 Å². The molecular formula is C48H67F4N10O18P. The standard InChI is InChI=1S/C19H30FN4O5P.2C10H13FN2O4.C9H11FN2O5/c1-6-14-17(16(20)18(28-14)23-10-8-15(25)22-19(23)26)29-30(27-11-7-9-21)24(12(2)3)13(4)5;2*1-2-5-8(15)7(11)9(17-5)13-4-3-6(14)12-10(13)16;10-6-7(15)4(3-13)17-8(6)12-2-1-5(14)11-9(12)16/h8,10,12-14,16-18H,6-7,11H2,1-5H3,(H,22,25,26);2*3-5,7-9,15H,2H2,1H3,(H,12,14,16);1-2,4,6-8,13,15H,3H2,(H,11,14,16)/t14-,16?,17+,18-,30?;2*5-,7?,8+,9-;4-,6?,7+,8-/m1111/s1. The Kier molecular flexibility index (Phi) is 24.2. The molecule has 0 aromatic carbocycles. The number of hydrogen-bond acceptors (Lipinski definition) is 20. The van der Waals surface area contributed by atoms with Gasteiger partial charge in [0.05, 0.1) is 44.0 Å². The van der Waals surface area contributed by atoms with Crippen molar-refractivity contribution in [2.45, 2.75) is 185 Å². The van der Waals surface area contributed by atoms with Gasteiger partial charge in [-0.05, 0) is 47.0 Å². The Morgan fingerprint density at radius 1 is 0.568 bits per heavy atom. The number of aliphatic hydroxyl groups excluding tert-OH is 4. The number of alkyl halides is 4. The predicted molar refractivity (Wildman–Crippen MR) is 277 cm³/mol. The molecule has 8 N–H and O–H groups in total. The van der Waals surface area contributed by atoms with E-state index in [9.17, 15) is 66.8 Å². The molecule has 8 heterocycles. The summed E-state index contributed by atoms with van der Waals surface area (Å²) in [6.45, 7) is 12.9. The summed E-state index contributed by atoms with van der Waals surface area (Å²) in [4.78, 5) is 98.4. The number of nitriles is 1. The first-order valence-electron chi connectivity index (χ1n) is 25.7. The molecule has 28 nitrogen and oxygen atoms in total. The van der Waals surface area contributed by atoms with E-state index in [0.29, 0.717) is 19.3 Å². The number of ether oxygens (including phenoxy) is 4. The van der Waals surface area contributed by atoms with Crippen molar-refractivity contribution in [3.05, 3.63) is 132 Å². The molecule has 4 fully saturated rings. The van der Waals surface area contributed by atoms with E-state index in [0.717, 1.165) is 61.1 Å². The van der Waals surface area contributed by atoms with Gasteiger partial charge < -0.3 is 48.4 Å². The second-order valence-corrected chi connectivity index (χ2v) is 20.5. The molecule has 4 saturated heterocycles. The Balaban J connectivity index is 0.000000206. The number of nitrogens with zero attached hydrogens (tertiary/aromatic N) is 6. The quantitative estimate of drug-likeness (QED) is 0.0417. The summed E-state index contributed by atoms with van der Waals surface area (Å²) >= 11 is 0. The molecule has 4 aromatic rings. The van der Waals surface area contributed by atoms with Gasteiger partial charge in [-0.2, -0.15) is 5.26 Å². The summed E-state index contributed by atoms with van der Waals surface area (Å²) < 4.78 is 95.7. The van der Waals surface area contributed by atoms with Crippen molar-refractivity contribution in [3.63, 3.8) is 0 Å². The van der Waals surface area contributed by atoms with Crippen molar-refractivity contribution >= 4 is 8.53 Å². The number of hydrogen-bond donors (Lipinski definition) is 8. The fraction of sp³-hybridized carbons (Fsp3) is 0.646. The van der Waals surface area contributed by atoms with Crippen LogP contribution in [0.1, 0.15) is 99.1 Å². The SMILES string of the molecule is CC[C@H]1O[C@@H](n2ccc(=O)[nH]c2=O)C(F)[C@H]1O.CC[C@H]1O[C@@H](n2ccc(=O)[nH]c2=O)C(F)[C@H]1O.CC[C@H]1O[C@@H](n2ccc(=O)[nH]c2=O)C(F)[C@H]1OP(OCCC#N)N(C(C)C)C(C)C.O=c1ccn([C@@H]2O[C@H](CO)[C@H](O)C2F)c(=O)[nH]1. The van der Waals surface area contributed by atoms with E-state index in [2.05, 4.69) is 4.98 Å². The molecule has 5 unspecified atom stereocenters. The average Bonchev–Trinajstić information content (AvgIpc) is 4.09. The van der Waals surface area contributed by atoms with Crippen LogP contribution in [-0.2, 0) is 28.0 Å². The highest BCUT2D eigenvalue weighted by atomic mass is 31.2. The largest absolute Gasteiger partial charge is 0.394 e. The van der Waals surface area contributed by atoms with Crippen LogP contribution in [0.3, 0.4) is 0 Å². The van der Waals surface area contributed by atoms with Gasteiger partial charge in [0, 0.05) is 61.1 Å². The Bertz CT molecular complexity index is 2970. The Labute approximate surface area is 458 Å². The Hall–Kier alpha value is -6.08. The maximum Gasteiger partial charge on any atom is 0.330 e. The summed E-state index contributed by atoms with van der Waals surface area (Å²) in [6, 6.07) is 6.54. The zero-order valence-corrected chi connectivity index (χ0v) is 45.8. The minimum Gasteiger partial charge on any atom is -0.394 e. The van der Waals surface area contributed by atoms with E-state index in [4.69, 9.17) is 38.4 Å². The third kappa shape index (κ3) is 15.9. The van der Waals surface area contributed by atoms with Crippen LogP contribution >= 0.6 is 8.53 Å². The highest BCUT2D eigenvalue weighted by molar-refractivity contribution is 7.44. The smallest absolute Gasteiger partial charge is 0.330 e. The fourth-order valence-electron chi connectivity index (χ4n) is 8.89. The van der Waals surface area contributed by atoms with Gasteiger partial charge >= 0.3 is 22.8 Å². The van der Waals surface area contributed by atoms with Gasteiger partial charge in [-0.1, -0.05) is 20.8 Å². The third-order valence-corrected chi connectivity index (χ3v) is 15.0. The first kappa shape index (κ1) is 65.7. The highest BCUT2D eigenvalue weighted by Gasteiger charge is 2.50. The molecule has 450 valence electrons. The van der Waals surface area contributed by atoms with Crippen LogP contribution < -0.4 is 45.0 Å². The van der Waals surface area contributed by atoms with E-state index < -0.39 is 159 Å². The zero-order valence-electron chi connectivity index (χ0n) is 44.9. The van der Waals surface area contributed by atoms with Crippen molar-refractivity contribution in [3.8, 4) is 6.07 Å². The van der Waals surface area contributed by atoms with Crippen molar-refractivity contribution in [2.24, 2.45) is 0 Å².